The number of anilines is 1. The van der Waals surface area contributed by atoms with Crippen molar-refractivity contribution >= 4 is 40.5 Å². The van der Waals surface area contributed by atoms with Crippen molar-refractivity contribution in [3.05, 3.63) is 23.5 Å². The maximum atomic E-state index is 13.2. The van der Waals surface area contributed by atoms with Crippen molar-refractivity contribution in [3.8, 4) is 0 Å². The van der Waals surface area contributed by atoms with Gasteiger partial charge in [0.05, 0.1) is 16.8 Å². The number of rotatable bonds is 3. The Labute approximate surface area is 179 Å². The smallest absolute Gasteiger partial charge is 0.444 e. The minimum absolute atomic E-state index is 0.00543. The number of hydrogen-bond acceptors (Lipinski definition) is 6. The zero-order chi connectivity index (χ0) is 23.8. The Kier molecular flexibility index (Phi) is 5.85. The number of aromatic nitrogens is 2. The predicted octanol–water partition coefficient (Wildman–Crippen LogP) is 2.46. The molecule has 1 aromatic carbocycles. The number of nitrogens with one attached hydrogen (secondary N) is 4. The minimum atomic E-state index is -4.85. The molecule has 2 aromatic rings. The summed E-state index contributed by atoms with van der Waals surface area (Å²) in [6.07, 6.45) is -5.71. The van der Waals surface area contributed by atoms with Crippen molar-refractivity contribution in [1.82, 2.24) is 20.6 Å². The predicted molar refractivity (Wildman–Crippen MR) is 105 cm³/mol. The molecule has 1 atom stereocenters. The van der Waals surface area contributed by atoms with Crippen molar-refractivity contribution in [2.75, 3.05) is 5.32 Å². The summed E-state index contributed by atoms with van der Waals surface area (Å²) in [6.45, 7) is 4.84. The first kappa shape index (κ1) is 23.0. The Hall–Kier alpha value is -3.64. The number of carbonyl (C=O) groups is 4. The van der Waals surface area contributed by atoms with Crippen LogP contribution in [0.5, 0.6) is 0 Å². The van der Waals surface area contributed by atoms with Gasteiger partial charge in [0.2, 0.25) is 17.6 Å². The Morgan fingerprint density at radius 3 is 2.47 bits per heavy atom. The number of imidazole rings is 1. The topological polar surface area (TPSA) is 142 Å². The Morgan fingerprint density at radius 2 is 1.88 bits per heavy atom. The Morgan fingerprint density at radius 1 is 1.19 bits per heavy atom. The molecule has 1 saturated heterocycles. The number of H-pyrrole nitrogens is 1. The normalized spacial score (nSPS) is 17.1. The van der Waals surface area contributed by atoms with Gasteiger partial charge in [-0.05, 0) is 39.3 Å². The fourth-order valence-electron chi connectivity index (χ4n) is 2.99. The first-order valence-electron chi connectivity index (χ1n) is 9.49. The second-order valence-electron chi connectivity index (χ2n) is 8.07. The summed E-state index contributed by atoms with van der Waals surface area (Å²) < 4.78 is 44.8. The number of hydrogen-bond donors (Lipinski definition) is 4. The molecule has 32 heavy (non-hydrogen) atoms. The van der Waals surface area contributed by atoms with Gasteiger partial charge in [0.1, 0.15) is 17.2 Å². The number of imide groups is 1. The quantitative estimate of drug-likeness (QED) is 0.524. The van der Waals surface area contributed by atoms with E-state index in [1.165, 1.54) is 6.07 Å². The highest BCUT2D eigenvalue weighted by Crippen LogP contribution is 2.32. The fourth-order valence-corrected chi connectivity index (χ4v) is 2.99. The zero-order valence-corrected chi connectivity index (χ0v) is 17.3. The van der Waals surface area contributed by atoms with Crippen molar-refractivity contribution < 1.29 is 37.1 Å². The molecule has 0 spiro atoms. The van der Waals surface area contributed by atoms with E-state index < -0.39 is 47.5 Å². The van der Waals surface area contributed by atoms with Crippen molar-refractivity contribution in [1.29, 1.82) is 0 Å². The van der Waals surface area contributed by atoms with E-state index in [-0.39, 0.29) is 35.1 Å². The summed E-state index contributed by atoms with van der Waals surface area (Å²) in [4.78, 5) is 53.5. The van der Waals surface area contributed by atoms with Crippen molar-refractivity contribution in [2.45, 2.75) is 51.4 Å². The van der Waals surface area contributed by atoms with Crippen LogP contribution in [-0.4, -0.2) is 45.4 Å². The number of ether oxygens (including phenoxy) is 1. The number of piperidine rings is 1. The molecule has 4 N–H and O–H groups in total. The average molecular weight is 455 g/mol. The van der Waals surface area contributed by atoms with E-state index in [9.17, 15) is 32.3 Å². The van der Waals surface area contributed by atoms with E-state index in [0.717, 1.165) is 6.07 Å². The maximum absolute atomic E-state index is 13.2. The molecule has 10 nitrogen and oxygen atoms in total. The summed E-state index contributed by atoms with van der Waals surface area (Å²) in [5.41, 5.74) is -1.81. The second kappa shape index (κ2) is 8.13. The van der Waals surface area contributed by atoms with Crippen LogP contribution in [0, 0.1) is 0 Å². The van der Waals surface area contributed by atoms with E-state index in [4.69, 9.17) is 4.74 Å². The lowest BCUT2D eigenvalue weighted by atomic mass is 10.0. The molecule has 4 amide bonds. The zero-order valence-electron chi connectivity index (χ0n) is 17.3. The van der Waals surface area contributed by atoms with Crippen molar-refractivity contribution in [3.63, 3.8) is 0 Å². The highest BCUT2D eigenvalue weighted by atomic mass is 19.4. The largest absolute Gasteiger partial charge is 0.449 e. The van der Waals surface area contributed by atoms with Gasteiger partial charge in [0, 0.05) is 6.42 Å². The number of nitrogens with zero attached hydrogens (tertiary/aromatic N) is 1. The minimum Gasteiger partial charge on any atom is -0.444 e. The molecule has 0 bridgehead atoms. The van der Waals surface area contributed by atoms with E-state index in [1.54, 1.807) is 20.8 Å². The van der Waals surface area contributed by atoms with E-state index in [2.05, 4.69) is 25.9 Å². The second-order valence-corrected chi connectivity index (χ2v) is 8.07. The van der Waals surface area contributed by atoms with Gasteiger partial charge in [-0.2, -0.15) is 13.2 Å². The molecular weight excluding hydrogens is 435 g/mol. The first-order chi connectivity index (χ1) is 14.7. The lowest BCUT2D eigenvalue weighted by Gasteiger charge is -2.22. The molecule has 3 rings (SSSR count). The molecule has 0 aliphatic carbocycles. The Balaban J connectivity index is 1.96. The number of carbonyl (C=O) groups excluding carboxylic acids is 4. The van der Waals surface area contributed by atoms with Gasteiger partial charge in [0.25, 0.3) is 5.91 Å². The molecule has 13 heteroatoms. The van der Waals surface area contributed by atoms with Crippen molar-refractivity contribution in [2.24, 2.45) is 0 Å². The molecular formula is C19H20F3N5O5. The number of fused-ring (bicyclic) bond motifs is 1. The van der Waals surface area contributed by atoms with Crippen LogP contribution in [0.1, 0.15) is 49.8 Å². The molecule has 1 aliphatic heterocycles. The monoisotopic (exact) mass is 455 g/mol. The molecule has 172 valence electrons. The number of benzene rings is 1. The van der Waals surface area contributed by atoms with Crippen LogP contribution in [0.4, 0.5) is 23.7 Å². The third-order valence-electron chi connectivity index (χ3n) is 4.34. The van der Waals surface area contributed by atoms with Crippen LogP contribution in [0.3, 0.4) is 0 Å². The molecule has 1 unspecified atom stereocenters. The molecule has 1 aromatic heterocycles. The fraction of sp³-hybridized carbons (Fsp3) is 0.421. The molecule has 1 aliphatic rings. The van der Waals surface area contributed by atoms with E-state index in [0.29, 0.717) is 0 Å². The van der Waals surface area contributed by atoms with Gasteiger partial charge < -0.3 is 15.0 Å². The first-order valence-corrected chi connectivity index (χ1v) is 9.49. The van der Waals surface area contributed by atoms with Crippen LogP contribution >= 0.6 is 0 Å². The van der Waals surface area contributed by atoms with Gasteiger partial charge >= 0.3 is 12.3 Å². The van der Waals surface area contributed by atoms with Crippen LogP contribution in [0.25, 0.3) is 11.0 Å². The van der Waals surface area contributed by atoms with E-state index >= 15 is 0 Å². The van der Waals surface area contributed by atoms with Gasteiger partial charge in [-0.3, -0.25) is 25.0 Å². The Bertz CT molecular complexity index is 1100. The van der Waals surface area contributed by atoms with Gasteiger partial charge in [0.15, 0.2) is 0 Å². The van der Waals surface area contributed by atoms with Gasteiger partial charge in [-0.25, -0.2) is 9.78 Å². The highest BCUT2D eigenvalue weighted by molar-refractivity contribution is 6.11. The van der Waals surface area contributed by atoms with Crippen LogP contribution in [-0.2, 0) is 20.5 Å². The van der Waals surface area contributed by atoms with Crippen LogP contribution in [0.15, 0.2) is 12.1 Å². The molecule has 2 heterocycles. The molecule has 0 saturated carbocycles. The third kappa shape index (κ3) is 5.15. The summed E-state index contributed by atoms with van der Waals surface area (Å²) in [5.74, 6) is -3.44. The molecule has 1 fully saturated rings. The van der Waals surface area contributed by atoms with Crippen LogP contribution in [0.2, 0.25) is 0 Å². The third-order valence-corrected chi connectivity index (χ3v) is 4.34. The summed E-state index contributed by atoms with van der Waals surface area (Å²) in [5, 5.41) is 6.79. The standard InChI is InChI=1S/C19H20F3N5O5/c1-18(2,3)32-17(31)24-9-5-4-8(12-13(9)27-16(26-12)19(20,21)22)14(29)23-10-6-7-11(28)25-15(10)30/h4-5,10H,6-7H2,1-3H3,(H,23,29)(H,24,31)(H,26,27)(H,25,28,30). The molecule has 0 radical (unpaired) electrons. The SMILES string of the molecule is CC(C)(C)OC(=O)Nc1ccc(C(=O)NC2CCC(=O)NC2=O)c2nc(C(F)(F)F)[nH]c12. The maximum Gasteiger partial charge on any atom is 0.449 e. The summed E-state index contributed by atoms with van der Waals surface area (Å²) in [7, 11) is 0. The van der Waals surface area contributed by atoms with Crippen LogP contribution < -0.4 is 16.0 Å². The number of halogens is 3. The van der Waals surface area contributed by atoms with Gasteiger partial charge in [-0.15, -0.1) is 0 Å². The summed E-state index contributed by atoms with van der Waals surface area (Å²) in [6, 6.07) is 1.34. The lowest BCUT2D eigenvalue weighted by molar-refractivity contribution is -0.144. The highest BCUT2D eigenvalue weighted by Gasteiger charge is 2.36. The number of amides is 4. The number of aromatic amines is 1. The summed E-state index contributed by atoms with van der Waals surface area (Å²) >= 11 is 0. The number of alkyl halides is 3. The van der Waals surface area contributed by atoms with E-state index in [1.807, 2.05) is 0 Å². The lowest BCUT2D eigenvalue weighted by Crippen LogP contribution is -2.52. The van der Waals surface area contributed by atoms with Gasteiger partial charge in [-0.1, -0.05) is 0 Å². The average Bonchev–Trinajstić information content (AvgIpc) is 3.09.